The molecule has 0 N–H and O–H groups in total. The smallest absolute Gasteiger partial charge is 0.126 e. The lowest BCUT2D eigenvalue weighted by molar-refractivity contribution is 0.300. The van der Waals surface area contributed by atoms with E-state index in [1.165, 1.54) is 22.3 Å². The van der Waals surface area contributed by atoms with Crippen LogP contribution in [-0.2, 0) is 11.9 Å². The maximum Gasteiger partial charge on any atom is 0.126 e. The average molecular weight is 398 g/mol. The van der Waals surface area contributed by atoms with Crippen LogP contribution < -0.4 is 4.74 Å². The molecule has 0 spiro atoms. The molecule has 0 unspecified atom stereocenters. The van der Waals surface area contributed by atoms with Crippen LogP contribution in [0.2, 0.25) is 0 Å². The summed E-state index contributed by atoms with van der Waals surface area (Å²) in [4.78, 5) is 0. The lowest BCUT2D eigenvalue weighted by atomic mass is 10.0. The van der Waals surface area contributed by atoms with Crippen molar-refractivity contribution >= 4 is 31.9 Å². The number of alkyl halides is 1. The minimum Gasteiger partial charge on any atom is -0.488 e. The molecule has 0 atom stereocenters. The van der Waals surface area contributed by atoms with Crippen LogP contribution in [0.4, 0.5) is 0 Å². The van der Waals surface area contributed by atoms with E-state index in [1.807, 2.05) is 0 Å². The van der Waals surface area contributed by atoms with Crippen molar-refractivity contribution in [2.24, 2.45) is 0 Å². The fraction of sp³-hybridized carbons (Fsp3) is 0.294. The van der Waals surface area contributed by atoms with Gasteiger partial charge < -0.3 is 4.74 Å². The monoisotopic (exact) mass is 396 g/mol. The first-order valence-corrected chi connectivity index (χ1v) is 8.47. The van der Waals surface area contributed by atoms with E-state index in [-0.39, 0.29) is 0 Å². The van der Waals surface area contributed by atoms with Gasteiger partial charge in [-0.15, -0.1) is 0 Å². The highest BCUT2D eigenvalue weighted by molar-refractivity contribution is 9.10. The molecule has 0 saturated carbocycles. The van der Waals surface area contributed by atoms with Gasteiger partial charge in [-0.2, -0.15) is 0 Å². The van der Waals surface area contributed by atoms with Crippen molar-refractivity contribution in [3.63, 3.8) is 0 Å². The van der Waals surface area contributed by atoms with Crippen LogP contribution in [0.1, 0.15) is 27.8 Å². The largest absolute Gasteiger partial charge is 0.488 e. The molecule has 0 radical (unpaired) electrons. The Bertz CT molecular complexity index is 600. The van der Waals surface area contributed by atoms with Crippen molar-refractivity contribution in [1.82, 2.24) is 0 Å². The first kappa shape index (κ1) is 15.6. The number of hydrogen-bond donors (Lipinski definition) is 0. The van der Waals surface area contributed by atoms with Gasteiger partial charge in [0.25, 0.3) is 0 Å². The Morgan fingerprint density at radius 3 is 2.25 bits per heavy atom. The second kappa shape index (κ2) is 6.77. The Balaban J connectivity index is 2.27. The molecule has 0 fully saturated rings. The minimum absolute atomic E-state index is 0.612. The lowest BCUT2D eigenvalue weighted by Gasteiger charge is -2.16. The molecule has 0 heterocycles. The summed E-state index contributed by atoms with van der Waals surface area (Å²) >= 11 is 7.06. The van der Waals surface area contributed by atoms with Crippen LogP contribution >= 0.6 is 31.9 Å². The Labute approximate surface area is 137 Å². The third-order valence-electron chi connectivity index (χ3n) is 3.47. The van der Waals surface area contributed by atoms with E-state index in [1.54, 1.807) is 0 Å². The number of hydrogen-bond acceptors (Lipinski definition) is 1. The Morgan fingerprint density at radius 1 is 1.00 bits per heavy atom. The van der Waals surface area contributed by atoms with Crippen LogP contribution in [-0.4, -0.2) is 0 Å². The Hall–Kier alpha value is -0.800. The van der Waals surface area contributed by atoms with E-state index < -0.39 is 0 Å². The van der Waals surface area contributed by atoms with Crippen LogP contribution in [0.3, 0.4) is 0 Å². The van der Waals surface area contributed by atoms with Crippen LogP contribution in [0, 0.1) is 20.8 Å². The standard InChI is InChI=1S/C17H18Br2O/c1-11-5-4-6-12(2)16(11)10-20-17-13(3)7-15(19)8-14(17)9-18/h4-8H,9-10H2,1-3H3. The highest BCUT2D eigenvalue weighted by atomic mass is 79.9. The van der Waals surface area contributed by atoms with Gasteiger partial charge in [0.05, 0.1) is 0 Å². The van der Waals surface area contributed by atoms with Gasteiger partial charge >= 0.3 is 0 Å². The molecule has 2 aromatic carbocycles. The maximum atomic E-state index is 6.11. The summed E-state index contributed by atoms with van der Waals surface area (Å²) in [5.41, 5.74) is 6.15. The van der Waals surface area contributed by atoms with Gasteiger partial charge in [-0.25, -0.2) is 0 Å². The number of halogens is 2. The molecule has 3 heteroatoms. The second-order valence-corrected chi connectivity index (χ2v) is 6.48. The summed E-state index contributed by atoms with van der Waals surface area (Å²) in [5.74, 6) is 0.979. The Morgan fingerprint density at radius 2 is 1.65 bits per heavy atom. The first-order chi connectivity index (χ1) is 9.52. The zero-order valence-corrected chi connectivity index (χ0v) is 15.1. The Kier molecular flexibility index (Phi) is 5.28. The first-order valence-electron chi connectivity index (χ1n) is 6.55. The van der Waals surface area contributed by atoms with Crippen LogP contribution in [0.15, 0.2) is 34.8 Å². The van der Waals surface area contributed by atoms with Crippen LogP contribution in [0.5, 0.6) is 5.75 Å². The molecular weight excluding hydrogens is 380 g/mol. The van der Waals surface area contributed by atoms with E-state index in [0.717, 1.165) is 21.1 Å². The van der Waals surface area contributed by atoms with Crippen molar-refractivity contribution in [2.45, 2.75) is 32.7 Å². The van der Waals surface area contributed by atoms with E-state index in [9.17, 15) is 0 Å². The SMILES string of the molecule is Cc1cccc(C)c1COc1c(C)cc(Br)cc1CBr. The fourth-order valence-corrected chi connectivity index (χ4v) is 3.36. The summed E-state index contributed by atoms with van der Waals surface area (Å²) in [6.07, 6.45) is 0. The lowest BCUT2D eigenvalue weighted by Crippen LogP contribution is -2.03. The molecule has 106 valence electrons. The van der Waals surface area contributed by atoms with Crippen molar-refractivity contribution in [3.8, 4) is 5.75 Å². The van der Waals surface area contributed by atoms with E-state index in [4.69, 9.17) is 4.74 Å². The van der Waals surface area contributed by atoms with E-state index in [0.29, 0.717) is 6.61 Å². The van der Waals surface area contributed by atoms with Gasteiger partial charge in [0.1, 0.15) is 12.4 Å². The number of benzene rings is 2. The fourth-order valence-electron chi connectivity index (χ4n) is 2.33. The summed E-state index contributed by atoms with van der Waals surface area (Å²) in [6.45, 7) is 6.95. The maximum absolute atomic E-state index is 6.11. The summed E-state index contributed by atoms with van der Waals surface area (Å²) in [7, 11) is 0. The molecule has 0 aliphatic heterocycles. The number of ether oxygens (including phenoxy) is 1. The molecule has 20 heavy (non-hydrogen) atoms. The van der Waals surface area contributed by atoms with Gasteiger partial charge in [-0.3, -0.25) is 0 Å². The third kappa shape index (κ3) is 3.44. The third-order valence-corrected chi connectivity index (χ3v) is 4.53. The molecule has 0 amide bonds. The quantitative estimate of drug-likeness (QED) is 0.588. The van der Waals surface area contributed by atoms with Gasteiger partial charge in [0.2, 0.25) is 0 Å². The number of aryl methyl sites for hydroxylation is 3. The minimum atomic E-state index is 0.612. The molecule has 0 aromatic heterocycles. The average Bonchev–Trinajstić information content (AvgIpc) is 2.39. The zero-order valence-electron chi connectivity index (χ0n) is 12.0. The van der Waals surface area contributed by atoms with Crippen molar-refractivity contribution in [1.29, 1.82) is 0 Å². The highest BCUT2D eigenvalue weighted by Gasteiger charge is 2.10. The predicted molar refractivity (Wildman–Crippen MR) is 91.8 cm³/mol. The number of rotatable bonds is 4. The van der Waals surface area contributed by atoms with E-state index >= 15 is 0 Å². The van der Waals surface area contributed by atoms with Gasteiger partial charge in [0.15, 0.2) is 0 Å². The highest BCUT2D eigenvalue weighted by Crippen LogP contribution is 2.30. The molecule has 0 saturated heterocycles. The van der Waals surface area contributed by atoms with Gasteiger partial charge in [0, 0.05) is 15.4 Å². The van der Waals surface area contributed by atoms with Crippen molar-refractivity contribution in [2.75, 3.05) is 0 Å². The van der Waals surface area contributed by atoms with Crippen molar-refractivity contribution in [3.05, 3.63) is 62.6 Å². The predicted octanol–water partition coefficient (Wildman–Crippen LogP) is 5.85. The molecular formula is C17H18Br2O. The molecule has 0 aliphatic rings. The molecule has 0 bridgehead atoms. The normalized spacial score (nSPS) is 10.7. The summed E-state index contributed by atoms with van der Waals surface area (Å²) < 4.78 is 7.20. The molecule has 1 nitrogen and oxygen atoms in total. The second-order valence-electron chi connectivity index (χ2n) is 5.00. The van der Waals surface area contributed by atoms with Crippen molar-refractivity contribution < 1.29 is 4.74 Å². The topological polar surface area (TPSA) is 9.23 Å². The van der Waals surface area contributed by atoms with Gasteiger partial charge in [-0.05, 0) is 55.2 Å². The molecule has 2 rings (SSSR count). The molecule has 0 aliphatic carbocycles. The summed E-state index contributed by atoms with van der Waals surface area (Å²) in [6, 6.07) is 10.5. The summed E-state index contributed by atoms with van der Waals surface area (Å²) in [5, 5.41) is 0.787. The molecule has 2 aromatic rings. The zero-order chi connectivity index (χ0) is 14.7. The van der Waals surface area contributed by atoms with E-state index in [2.05, 4.69) is 83.0 Å². The van der Waals surface area contributed by atoms with Crippen LogP contribution in [0.25, 0.3) is 0 Å². The van der Waals surface area contributed by atoms with Gasteiger partial charge in [-0.1, -0.05) is 50.1 Å².